The minimum absolute atomic E-state index is 0.0114. The average Bonchev–Trinajstić information content (AvgIpc) is 2.86. The quantitative estimate of drug-likeness (QED) is 0.889. The molecule has 0 aliphatic carbocycles. The Kier molecular flexibility index (Phi) is 4.82. The van der Waals surface area contributed by atoms with Crippen molar-refractivity contribution in [3.8, 4) is 0 Å². The van der Waals surface area contributed by atoms with Gasteiger partial charge in [0.2, 0.25) is 5.91 Å². The van der Waals surface area contributed by atoms with Gasteiger partial charge in [-0.05, 0) is 31.5 Å². The van der Waals surface area contributed by atoms with Crippen LogP contribution in [0.4, 0.5) is 18.0 Å². The van der Waals surface area contributed by atoms with E-state index in [1.165, 1.54) is 12.1 Å². The lowest BCUT2D eigenvalue weighted by Crippen LogP contribution is -2.42. The highest BCUT2D eigenvalue weighted by atomic mass is 19.4. The van der Waals surface area contributed by atoms with E-state index in [4.69, 9.17) is 0 Å². The van der Waals surface area contributed by atoms with Crippen molar-refractivity contribution in [1.82, 2.24) is 15.5 Å². The van der Waals surface area contributed by atoms with E-state index in [9.17, 15) is 22.8 Å². The minimum atomic E-state index is -4.38. The standard InChI is InChI=1S/C15H18F3N3O2/c1-9(2)21-8-12(20-14(21)23)13(22)19-7-10-3-5-11(6-4-10)15(16,17)18/h3-6,9,12H,7-8H2,1-2H3,(H,19,22)(H,20,23). The van der Waals surface area contributed by atoms with Gasteiger partial charge in [0.15, 0.2) is 0 Å². The van der Waals surface area contributed by atoms with Gasteiger partial charge in [0.25, 0.3) is 0 Å². The number of carbonyl (C=O) groups excluding carboxylic acids is 2. The van der Waals surface area contributed by atoms with Crippen molar-refractivity contribution in [3.05, 3.63) is 35.4 Å². The Hall–Kier alpha value is -2.25. The number of amides is 3. The summed E-state index contributed by atoms with van der Waals surface area (Å²) in [5.41, 5.74) is -0.181. The highest BCUT2D eigenvalue weighted by Crippen LogP contribution is 2.29. The van der Waals surface area contributed by atoms with Crippen molar-refractivity contribution < 1.29 is 22.8 Å². The molecule has 0 bridgehead atoms. The normalized spacial score (nSPS) is 18.3. The molecule has 1 heterocycles. The van der Waals surface area contributed by atoms with E-state index in [0.717, 1.165) is 12.1 Å². The smallest absolute Gasteiger partial charge is 0.350 e. The van der Waals surface area contributed by atoms with Crippen molar-refractivity contribution in [2.24, 2.45) is 0 Å². The molecular weight excluding hydrogens is 311 g/mol. The lowest BCUT2D eigenvalue weighted by molar-refractivity contribution is -0.137. The Morgan fingerprint density at radius 3 is 2.43 bits per heavy atom. The summed E-state index contributed by atoms with van der Waals surface area (Å²) in [6, 6.07) is 3.61. The number of nitrogens with one attached hydrogen (secondary N) is 2. The summed E-state index contributed by atoms with van der Waals surface area (Å²) in [6.07, 6.45) is -4.38. The van der Waals surface area contributed by atoms with E-state index < -0.39 is 17.8 Å². The Labute approximate surface area is 131 Å². The second kappa shape index (κ2) is 6.47. The topological polar surface area (TPSA) is 61.4 Å². The molecule has 1 aromatic rings. The zero-order chi connectivity index (χ0) is 17.2. The summed E-state index contributed by atoms with van der Waals surface area (Å²) in [6.45, 7) is 4.07. The fraction of sp³-hybridized carbons (Fsp3) is 0.467. The van der Waals surface area contributed by atoms with Crippen LogP contribution in [0.1, 0.15) is 25.0 Å². The van der Waals surface area contributed by atoms with Crippen LogP contribution in [-0.4, -0.2) is 35.5 Å². The van der Waals surface area contributed by atoms with Gasteiger partial charge in [0, 0.05) is 12.6 Å². The van der Waals surface area contributed by atoms with Crippen LogP contribution in [0.15, 0.2) is 24.3 Å². The number of hydrogen-bond acceptors (Lipinski definition) is 2. The first kappa shape index (κ1) is 17.1. The molecule has 2 N–H and O–H groups in total. The number of benzene rings is 1. The Bertz CT molecular complexity index is 585. The van der Waals surface area contributed by atoms with Gasteiger partial charge in [0.1, 0.15) is 6.04 Å². The molecule has 1 fully saturated rings. The van der Waals surface area contributed by atoms with Crippen LogP contribution < -0.4 is 10.6 Å². The third kappa shape index (κ3) is 4.14. The average molecular weight is 329 g/mol. The maximum absolute atomic E-state index is 12.5. The van der Waals surface area contributed by atoms with Gasteiger partial charge in [-0.3, -0.25) is 4.79 Å². The molecule has 2 rings (SSSR count). The largest absolute Gasteiger partial charge is 0.416 e. The first-order chi connectivity index (χ1) is 10.7. The number of halogens is 3. The van der Waals surface area contributed by atoms with Crippen molar-refractivity contribution in [2.75, 3.05) is 6.54 Å². The van der Waals surface area contributed by atoms with Crippen LogP contribution >= 0.6 is 0 Å². The molecule has 1 atom stereocenters. The molecule has 3 amide bonds. The molecule has 1 aromatic carbocycles. The number of alkyl halides is 3. The molecular formula is C15H18F3N3O2. The molecule has 1 saturated heterocycles. The second-order valence-corrected chi connectivity index (χ2v) is 5.66. The molecule has 1 aliphatic heterocycles. The van der Waals surface area contributed by atoms with Crippen LogP contribution in [-0.2, 0) is 17.5 Å². The summed E-state index contributed by atoms with van der Waals surface area (Å²) in [5.74, 6) is -0.360. The summed E-state index contributed by atoms with van der Waals surface area (Å²) in [5, 5.41) is 5.19. The van der Waals surface area contributed by atoms with E-state index in [1.807, 2.05) is 13.8 Å². The molecule has 23 heavy (non-hydrogen) atoms. The van der Waals surface area contributed by atoms with Crippen LogP contribution in [0.2, 0.25) is 0 Å². The fourth-order valence-corrected chi connectivity index (χ4v) is 2.27. The van der Waals surface area contributed by atoms with Crippen LogP contribution in [0.5, 0.6) is 0 Å². The summed E-state index contributed by atoms with van der Waals surface area (Å²) < 4.78 is 37.4. The second-order valence-electron chi connectivity index (χ2n) is 5.66. The van der Waals surface area contributed by atoms with Crippen molar-refractivity contribution >= 4 is 11.9 Å². The van der Waals surface area contributed by atoms with Crippen molar-refractivity contribution in [2.45, 2.75) is 38.7 Å². The van der Waals surface area contributed by atoms with E-state index >= 15 is 0 Å². The molecule has 0 saturated carbocycles. The maximum Gasteiger partial charge on any atom is 0.416 e. The van der Waals surface area contributed by atoms with Gasteiger partial charge in [-0.15, -0.1) is 0 Å². The predicted molar refractivity (Wildman–Crippen MR) is 77.5 cm³/mol. The molecule has 0 spiro atoms. The molecule has 0 aromatic heterocycles. The van der Waals surface area contributed by atoms with Gasteiger partial charge >= 0.3 is 12.2 Å². The molecule has 126 valence electrons. The highest BCUT2D eigenvalue weighted by molar-refractivity contribution is 5.90. The zero-order valence-corrected chi connectivity index (χ0v) is 12.8. The van der Waals surface area contributed by atoms with Crippen molar-refractivity contribution in [3.63, 3.8) is 0 Å². The lowest BCUT2D eigenvalue weighted by Gasteiger charge is -2.18. The molecule has 5 nitrogen and oxygen atoms in total. The van der Waals surface area contributed by atoms with E-state index in [0.29, 0.717) is 5.56 Å². The first-order valence-electron chi connectivity index (χ1n) is 7.19. The highest BCUT2D eigenvalue weighted by Gasteiger charge is 2.34. The minimum Gasteiger partial charge on any atom is -0.350 e. The Morgan fingerprint density at radius 1 is 1.35 bits per heavy atom. The molecule has 1 aliphatic rings. The number of urea groups is 1. The first-order valence-corrected chi connectivity index (χ1v) is 7.19. The van der Waals surface area contributed by atoms with Gasteiger partial charge in [-0.25, -0.2) is 4.79 Å². The number of nitrogens with zero attached hydrogens (tertiary/aromatic N) is 1. The summed E-state index contributed by atoms with van der Waals surface area (Å²) in [7, 11) is 0. The predicted octanol–water partition coefficient (Wildman–Crippen LogP) is 2.12. The Morgan fingerprint density at radius 2 is 1.96 bits per heavy atom. The van der Waals surface area contributed by atoms with E-state index in [1.54, 1.807) is 4.90 Å². The van der Waals surface area contributed by atoms with Gasteiger partial charge in [-0.2, -0.15) is 13.2 Å². The number of carbonyl (C=O) groups is 2. The van der Waals surface area contributed by atoms with E-state index in [2.05, 4.69) is 10.6 Å². The monoisotopic (exact) mass is 329 g/mol. The SMILES string of the molecule is CC(C)N1CC(C(=O)NCc2ccc(C(F)(F)F)cc2)NC1=O. The van der Waals surface area contributed by atoms with E-state index in [-0.39, 0.29) is 31.1 Å². The maximum atomic E-state index is 12.5. The number of hydrogen-bond donors (Lipinski definition) is 2. The van der Waals surface area contributed by atoms with Gasteiger partial charge in [-0.1, -0.05) is 12.1 Å². The molecule has 8 heteroatoms. The molecule has 0 radical (unpaired) electrons. The lowest BCUT2D eigenvalue weighted by atomic mass is 10.1. The third-order valence-electron chi connectivity index (χ3n) is 3.63. The van der Waals surface area contributed by atoms with Crippen LogP contribution in [0.3, 0.4) is 0 Å². The Balaban J connectivity index is 1.89. The number of rotatable bonds is 4. The fourth-order valence-electron chi connectivity index (χ4n) is 2.27. The van der Waals surface area contributed by atoms with Crippen molar-refractivity contribution in [1.29, 1.82) is 0 Å². The summed E-state index contributed by atoms with van der Waals surface area (Å²) in [4.78, 5) is 25.2. The third-order valence-corrected chi connectivity index (χ3v) is 3.63. The van der Waals surface area contributed by atoms with Crippen LogP contribution in [0, 0.1) is 0 Å². The van der Waals surface area contributed by atoms with Gasteiger partial charge in [0.05, 0.1) is 12.1 Å². The zero-order valence-electron chi connectivity index (χ0n) is 12.8. The van der Waals surface area contributed by atoms with Gasteiger partial charge < -0.3 is 15.5 Å². The molecule has 1 unspecified atom stereocenters. The van der Waals surface area contributed by atoms with Crippen LogP contribution in [0.25, 0.3) is 0 Å². The summed E-state index contributed by atoms with van der Waals surface area (Å²) >= 11 is 0.